The molecule has 11 heteroatoms. The smallest absolute Gasteiger partial charge is 0.408 e. The van der Waals surface area contributed by atoms with Crippen LogP contribution in [0.5, 0.6) is 0 Å². The summed E-state index contributed by atoms with van der Waals surface area (Å²) >= 11 is 0. The molecule has 1 aliphatic heterocycles. The second kappa shape index (κ2) is 6.44. The average Bonchev–Trinajstić information content (AvgIpc) is 3.13. The van der Waals surface area contributed by atoms with Gasteiger partial charge >= 0.3 is 6.09 Å². The number of nitrogens with two attached hydrogens (primary N) is 1. The molecule has 25 heavy (non-hydrogen) atoms. The molecule has 2 aromatic rings. The Balaban J connectivity index is 2.13. The molecule has 0 saturated carbocycles. The number of amides is 1. The van der Waals surface area contributed by atoms with Gasteiger partial charge < -0.3 is 25.4 Å². The number of hydrogen-bond acceptors (Lipinski definition) is 8. The van der Waals surface area contributed by atoms with Crippen molar-refractivity contribution in [2.45, 2.75) is 31.2 Å². The van der Waals surface area contributed by atoms with Gasteiger partial charge in [-0.25, -0.2) is 20.6 Å². The zero-order valence-electron chi connectivity index (χ0n) is 13.4. The SMILES string of the molecule is CCN(N)c1ncnc2c(C3C(O)C(O)C(CO)N3C(=O)O)c[nH]c12. The van der Waals surface area contributed by atoms with Crippen LogP contribution in [0.3, 0.4) is 0 Å². The molecule has 1 amide bonds. The number of fused-ring (bicyclic) bond motifs is 1. The number of anilines is 1. The molecule has 2 aromatic heterocycles. The summed E-state index contributed by atoms with van der Waals surface area (Å²) in [4.78, 5) is 23.7. The van der Waals surface area contributed by atoms with Crippen LogP contribution in [0, 0.1) is 0 Å². The Bertz CT molecular complexity index is 782. The second-order valence-electron chi connectivity index (χ2n) is 5.82. The first kappa shape index (κ1) is 17.4. The predicted octanol–water partition coefficient (Wildman–Crippen LogP) is -1.22. The fraction of sp³-hybridized carbons (Fsp3) is 0.500. The summed E-state index contributed by atoms with van der Waals surface area (Å²) in [6.45, 7) is 1.71. The third-order valence-electron chi connectivity index (χ3n) is 4.54. The summed E-state index contributed by atoms with van der Waals surface area (Å²) in [6, 6.07) is -2.22. The van der Waals surface area contributed by atoms with Gasteiger partial charge in [0, 0.05) is 18.3 Å². The number of hydrazine groups is 1. The Morgan fingerprint density at radius 3 is 2.72 bits per heavy atom. The fourth-order valence-electron chi connectivity index (χ4n) is 3.28. The largest absolute Gasteiger partial charge is 0.465 e. The third-order valence-corrected chi connectivity index (χ3v) is 4.54. The highest BCUT2D eigenvalue weighted by atomic mass is 16.4. The van der Waals surface area contributed by atoms with Crippen molar-refractivity contribution in [3.05, 3.63) is 18.1 Å². The van der Waals surface area contributed by atoms with Crippen molar-refractivity contribution in [3.63, 3.8) is 0 Å². The molecule has 11 nitrogen and oxygen atoms in total. The van der Waals surface area contributed by atoms with Crippen molar-refractivity contribution in [3.8, 4) is 0 Å². The topological polar surface area (TPSA) is 172 Å². The second-order valence-corrected chi connectivity index (χ2v) is 5.82. The van der Waals surface area contributed by atoms with Gasteiger partial charge in [-0.1, -0.05) is 0 Å². The van der Waals surface area contributed by atoms with Crippen molar-refractivity contribution >= 4 is 22.9 Å². The van der Waals surface area contributed by atoms with Crippen LogP contribution in [-0.2, 0) is 0 Å². The van der Waals surface area contributed by atoms with E-state index in [9.17, 15) is 25.2 Å². The molecule has 7 N–H and O–H groups in total. The minimum atomic E-state index is -1.42. The molecule has 4 unspecified atom stereocenters. The number of aliphatic hydroxyl groups is 3. The van der Waals surface area contributed by atoms with Crippen LogP contribution in [0.25, 0.3) is 11.0 Å². The van der Waals surface area contributed by atoms with E-state index in [4.69, 9.17) is 5.84 Å². The van der Waals surface area contributed by atoms with E-state index in [-0.39, 0.29) is 0 Å². The highest BCUT2D eigenvalue weighted by Gasteiger charge is 2.51. The number of likely N-dealkylation sites (tertiary alicyclic amines) is 1. The number of nitrogens with one attached hydrogen (secondary N) is 1. The minimum Gasteiger partial charge on any atom is -0.465 e. The van der Waals surface area contributed by atoms with Gasteiger partial charge in [0.2, 0.25) is 0 Å². The normalized spacial score (nSPS) is 26.4. The van der Waals surface area contributed by atoms with E-state index in [1.165, 1.54) is 17.5 Å². The van der Waals surface area contributed by atoms with Gasteiger partial charge in [0.25, 0.3) is 0 Å². The van der Waals surface area contributed by atoms with Gasteiger partial charge in [-0.05, 0) is 6.92 Å². The quantitative estimate of drug-likeness (QED) is 0.291. The number of aromatic nitrogens is 3. The van der Waals surface area contributed by atoms with Crippen LogP contribution >= 0.6 is 0 Å². The molecule has 136 valence electrons. The minimum absolute atomic E-state index is 0.369. The lowest BCUT2D eigenvalue weighted by atomic mass is 10.0. The first-order chi connectivity index (χ1) is 11.9. The lowest BCUT2D eigenvalue weighted by Crippen LogP contribution is -2.42. The maximum Gasteiger partial charge on any atom is 0.408 e. The monoisotopic (exact) mass is 352 g/mol. The van der Waals surface area contributed by atoms with Gasteiger partial charge in [-0.15, -0.1) is 0 Å². The van der Waals surface area contributed by atoms with Gasteiger partial charge in [0.1, 0.15) is 24.1 Å². The van der Waals surface area contributed by atoms with Crippen LogP contribution in [0.2, 0.25) is 0 Å². The van der Waals surface area contributed by atoms with Crippen LogP contribution in [0.1, 0.15) is 18.5 Å². The Kier molecular flexibility index (Phi) is 4.47. The highest BCUT2D eigenvalue weighted by molar-refractivity contribution is 5.89. The van der Waals surface area contributed by atoms with Crippen molar-refractivity contribution in [1.82, 2.24) is 19.9 Å². The fourth-order valence-corrected chi connectivity index (χ4v) is 3.28. The van der Waals surface area contributed by atoms with E-state index >= 15 is 0 Å². The summed E-state index contributed by atoms with van der Waals surface area (Å²) in [7, 11) is 0. The Morgan fingerprint density at radius 1 is 1.40 bits per heavy atom. The molecule has 0 bridgehead atoms. The molecular weight excluding hydrogens is 332 g/mol. The Morgan fingerprint density at radius 2 is 2.12 bits per heavy atom. The average molecular weight is 352 g/mol. The third kappa shape index (κ3) is 2.57. The Labute approximate surface area is 142 Å². The molecule has 1 saturated heterocycles. The first-order valence-corrected chi connectivity index (χ1v) is 7.74. The molecular formula is C14H20N6O5. The van der Waals surface area contributed by atoms with Crippen LogP contribution < -0.4 is 10.9 Å². The standard InChI is InChI=1S/C14H20N6O5/c1-2-19(15)13-9-8(17-5-18-13)6(3-16-9)10-12(23)11(22)7(4-21)20(10)14(24)25/h3,5,7,10-12,16,21-23H,2,4,15H2,1H3,(H,24,25). The summed E-state index contributed by atoms with van der Waals surface area (Å²) in [5, 5.41) is 40.8. The molecule has 0 aromatic carbocycles. The number of nitrogens with zero attached hydrogens (tertiary/aromatic N) is 4. The molecule has 1 aliphatic rings. The van der Waals surface area contributed by atoms with Gasteiger partial charge in [-0.2, -0.15) is 0 Å². The number of H-pyrrole nitrogens is 1. The first-order valence-electron chi connectivity index (χ1n) is 7.74. The number of carbonyl (C=O) groups is 1. The van der Waals surface area contributed by atoms with Crippen LogP contribution in [-0.4, -0.2) is 77.8 Å². The molecule has 0 aliphatic carbocycles. The molecule has 0 radical (unpaired) electrons. The van der Waals surface area contributed by atoms with Crippen LogP contribution in [0.15, 0.2) is 12.5 Å². The van der Waals surface area contributed by atoms with E-state index in [0.717, 1.165) is 4.90 Å². The zero-order valence-corrected chi connectivity index (χ0v) is 13.4. The van der Waals surface area contributed by atoms with Gasteiger partial charge in [0.15, 0.2) is 5.82 Å². The van der Waals surface area contributed by atoms with Gasteiger partial charge in [0.05, 0.1) is 24.2 Å². The van der Waals surface area contributed by atoms with Crippen molar-refractivity contribution < 1.29 is 25.2 Å². The molecule has 4 atom stereocenters. The summed E-state index contributed by atoms with van der Waals surface area (Å²) < 4.78 is 0. The summed E-state index contributed by atoms with van der Waals surface area (Å²) in [5.74, 6) is 6.31. The summed E-state index contributed by atoms with van der Waals surface area (Å²) in [5.41, 5.74) is 1.24. The van der Waals surface area contributed by atoms with Crippen molar-refractivity contribution in [1.29, 1.82) is 0 Å². The van der Waals surface area contributed by atoms with E-state index < -0.39 is 37.0 Å². The van der Waals surface area contributed by atoms with Crippen LogP contribution in [0.4, 0.5) is 10.6 Å². The number of aliphatic hydroxyl groups excluding tert-OH is 3. The molecule has 0 spiro atoms. The maximum atomic E-state index is 11.6. The highest BCUT2D eigenvalue weighted by Crippen LogP contribution is 2.40. The predicted molar refractivity (Wildman–Crippen MR) is 86.6 cm³/mol. The lowest BCUT2D eigenvalue weighted by Gasteiger charge is -2.26. The van der Waals surface area contributed by atoms with Crippen molar-refractivity contribution in [2.75, 3.05) is 18.2 Å². The molecule has 1 fully saturated rings. The lowest BCUT2D eigenvalue weighted by molar-refractivity contribution is 0.0181. The number of hydrogen-bond donors (Lipinski definition) is 6. The van der Waals surface area contributed by atoms with Crippen molar-refractivity contribution in [2.24, 2.45) is 5.84 Å². The van der Waals surface area contributed by atoms with E-state index in [1.54, 1.807) is 0 Å². The van der Waals surface area contributed by atoms with E-state index in [1.807, 2.05) is 6.92 Å². The molecule has 3 rings (SSSR count). The zero-order chi connectivity index (χ0) is 18.3. The number of rotatable bonds is 4. The van der Waals surface area contributed by atoms with E-state index in [2.05, 4.69) is 15.0 Å². The van der Waals surface area contributed by atoms with E-state index in [0.29, 0.717) is 29.0 Å². The summed E-state index contributed by atoms with van der Waals surface area (Å²) in [6.07, 6.45) is -1.40. The number of aromatic amines is 1. The maximum absolute atomic E-state index is 11.6. The van der Waals surface area contributed by atoms with Gasteiger partial charge in [-0.3, -0.25) is 9.91 Å². The Hall–Kier alpha value is -2.47. The molecule has 3 heterocycles. The number of carboxylic acid groups (broad SMARTS) is 1.